The van der Waals surface area contributed by atoms with E-state index >= 15 is 0 Å². The molecule has 5 nitrogen and oxygen atoms in total. The number of rotatable bonds is 7. The highest BCUT2D eigenvalue weighted by Gasteiger charge is 2.09. The maximum absolute atomic E-state index is 5.36. The fourth-order valence-corrected chi connectivity index (χ4v) is 3.20. The van der Waals surface area contributed by atoms with Gasteiger partial charge in [-0.15, -0.1) is 11.3 Å². The summed E-state index contributed by atoms with van der Waals surface area (Å²) in [5, 5.41) is 8.67. The fourth-order valence-electron chi connectivity index (χ4n) is 2.11. The molecule has 0 aliphatic rings. The van der Waals surface area contributed by atoms with Gasteiger partial charge in [0.15, 0.2) is 17.5 Å². The summed E-state index contributed by atoms with van der Waals surface area (Å²) in [6, 6.07) is 7.99. The van der Waals surface area contributed by atoms with Crippen molar-refractivity contribution in [3.05, 3.63) is 44.6 Å². The minimum atomic E-state index is 0.528. The van der Waals surface area contributed by atoms with Crippen LogP contribution in [0, 0.1) is 0 Å². The Balaban J connectivity index is 2.09. The third kappa shape index (κ3) is 5.14. The quantitative estimate of drug-likeness (QED) is 0.537. The molecule has 0 bridgehead atoms. The summed E-state index contributed by atoms with van der Waals surface area (Å²) in [7, 11) is 3.26. The molecule has 0 saturated heterocycles. The first kappa shape index (κ1) is 18.6. The van der Waals surface area contributed by atoms with Crippen molar-refractivity contribution in [3.8, 4) is 11.5 Å². The molecule has 2 aromatic rings. The van der Waals surface area contributed by atoms with Gasteiger partial charge in [-0.25, -0.2) is 4.99 Å². The summed E-state index contributed by atoms with van der Waals surface area (Å²) in [4.78, 5) is 5.92. The summed E-state index contributed by atoms with van der Waals surface area (Å²) in [6.45, 7) is 4.15. The third-order valence-corrected chi connectivity index (χ3v) is 4.93. The number of hydrogen-bond acceptors (Lipinski definition) is 4. The number of nitrogens with zero attached hydrogens (tertiary/aromatic N) is 1. The lowest BCUT2D eigenvalue weighted by Crippen LogP contribution is -2.36. The second-order valence-corrected chi connectivity index (χ2v) is 6.81. The number of thiophene rings is 1. The number of aliphatic imine (C=N–C) groups is 1. The van der Waals surface area contributed by atoms with Crippen molar-refractivity contribution in [2.24, 2.45) is 4.99 Å². The molecule has 0 spiro atoms. The van der Waals surface area contributed by atoms with Crippen molar-refractivity contribution in [1.29, 1.82) is 0 Å². The lowest BCUT2D eigenvalue weighted by atomic mass is 10.2. The zero-order chi connectivity index (χ0) is 17.4. The van der Waals surface area contributed by atoms with Crippen molar-refractivity contribution in [3.63, 3.8) is 0 Å². The molecule has 0 aliphatic heterocycles. The van der Waals surface area contributed by atoms with Crippen molar-refractivity contribution < 1.29 is 9.47 Å². The molecule has 2 N–H and O–H groups in total. The van der Waals surface area contributed by atoms with Crippen LogP contribution < -0.4 is 20.1 Å². The molecule has 1 aromatic heterocycles. The zero-order valence-corrected chi connectivity index (χ0v) is 16.5. The van der Waals surface area contributed by atoms with Crippen molar-refractivity contribution >= 4 is 33.2 Å². The largest absolute Gasteiger partial charge is 0.493 e. The highest BCUT2D eigenvalue weighted by Crippen LogP contribution is 2.33. The fraction of sp³-hybridized carbons (Fsp3) is 0.353. The van der Waals surface area contributed by atoms with Gasteiger partial charge in [0.25, 0.3) is 0 Å². The van der Waals surface area contributed by atoms with Crippen LogP contribution in [-0.4, -0.2) is 26.7 Å². The van der Waals surface area contributed by atoms with E-state index in [0.717, 1.165) is 29.1 Å². The van der Waals surface area contributed by atoms with E-state index in [-0.39, 0.29) is 0 Å². The Morgan fingerprint density at radius 2 is 1.96 bits per heavy atom. The second-order valence-electron chi connectivity index (χ2n) is 4.93. The maximum atomic E-state index is 5.36. The standard InChI is InChI=1S/C17H22BrN3O2S/c1-4-19-17(21-11-13-6-5-7-24-13)20-10-12-8-15(22-2)16(23-3)9-14(12)18/h5-9H,4,10-11H2,1-3H3,(H2,19,20,21). The van der Waals surface area contributed by atoms with E-state index < -0.39 is 0 Å². The first-order valence-electron chi connectivity index (χ1n) is 7.62. The minimum absolute atomic E-state index is 0.528. The van der Waals surface area contributed by atoms with Crippen LogP contribution in [0.1, 0.15) is 17.4 Å². The predicted molar refractivity (Wildman–Crippen MR) is 103 cm³/mol. The molecule has 2 rings (SSSR count). The van der Waals surface area contributed by atoms with Crippen LogP contribution in [0.3, 0.4) is 0 Å². The van der Waals surface area contributed by atoms with Crippen molar-refractivity contribution in [2.45, 2.75) is 20.0 Å². The Hall–Kier alpha value is -1.73. The van der Waals surface area contributed by atoms with Crippen LogP contribution >= 0.6 is 27.3 Å². The Morgan fingerprint density at radius 1 is 1.21 bits per heavy atom. The first-order chi connectivity index (χ1) is 11.7. The topological polar surface area (TPSA) is 54.9 Å². The maximum Gasteiger partial charge on any atom is 0.191 e. The smallest absolute Gasteiger partial charge is 0.191 e. The van der Waals surface area contributed by atoms with E-state index in [1.54, 1.807) is 25.6 Å². The van der Waals surface area contributed by atoms with Gasteiger partial charge in [0, 0.05) is 15.9 Å². The molecule has 1 aromatic carbocycles. The number of nitrogens with one attached hydrogen (secondary N) is 2. The summed E-state index contributed by atoms with van der Waals surface area (Å²) < 4.78 is 11.6. The normalized spacial score (nSPS) is 11.2. The van der Waals surface area contributed by atoms with Crippen molar-refractivity contribution in [2.75, 3.05) is 20.8 Å². The number of ether oxygens (including phenoxy) is 2. The van der Waals surface area contributed by atoms with Gasteiger partial charge in [-0.2, -0.15) is 0 Å². The molecular weight excluding hydrogens is 390 g/mol. The zero-order valence-electron chi connectivity index (χ0n) is 14.1. The number of halogens is 1. The highest BCUT2D eigenvalue weighted by atomic mass is 79.9. The van der Waals surface area contributed by atoms with Crippen LogP contribution in [-0.2, 0) is 13.1 Å². The Bertz CT molecular complexity index is 675. The van der Waals surface area contributed by atoms with Crippen LogP contribution in [0.5, 0.6) is 11.5 Å². The van der Waals surface area contributed by atoms with Crippen LogP contribution in [0.15, 0.2) is 39.1 Å². The van der Waals surface area contributed by atoms with Crippen LogP contribution in [0.4, 0.5) is 0 Å². The molecule has 0 amide bonds. The van der Waals surface area contributed by atoms with Crippen LogP contribution in [0.25, 0.3) is 0 Å². The number of benzene rings is 1. The third-order valence-electron chi connectivity index (χ3n) is 3.31. The molecule has 0 unspecified atom stereocenters. The number of guanidine groups is 1. The summed E-state index contributed by atoms with van der Waals surface area (Å²) in [5.41, 5.74) is 1.03. The lowest BCUT2D eigenvalue weighted by molar-refractivity contribution is 0.354. The first-order valence-corrected chi connectivity index (χ1v) is 9.30. The van der Waals surface area contributed by atoms with Crippen LogP contribution in [0.2, 0.25) is 0 Å². The van der Waals surface area contributed by atoms with E-state index in [2.05, 4.69) is 49.9 Å². The van der Waals surface area contributed by atoms with E-state index in [1.807, 2.05) is 18.2 Å². The predicted octanol–water partition coefficient (Wildman–Crippen LogP) is 3.78. The summed E-state index contributed by atoms with van der Waals surface area (Å²) in [6.07, 6.45) is 0. The van der Waals surface area contributed by atoms with Gasteiger partial charge >= 0.3 is 0 Å². The molecule has 24 heavy (non-hydrogen) atoms. The molecule has 0 saturated carbocycles. The van der Waals surface area contributed by atoms with E-state index in [4.69, 9.17) is 9.47 Å². The molecule has 7 heteroatoms. The van der Waals surface area contributed by atoms with Crippen molar-refractivity contribution in [1.82, 2.24) is 10.6 Å². The average molecular weight is 412 g/mol. The summed E-state index contributed by atoms with van der Waals surface area (Å²) >= 11 is 5.29. The minimum Gasteiger partial charge on any atom is -0.493 e. The van der Waals surface area contributed by atoms with Gasteiger partial charge in [-0.1, -0.05) is 22.0 Å². The highest BCUT2D eigenvalue weighted by molar-refractivity contribution is 9.10. The Kier molecular flexibility index (Phi) is 7.39. The van der Waals surface area contributed by atoms with E-state index in [0.29, 0.717) is 18.0 Å². The lowest BCUT2D eigenvalue weighted by Gasteiger charge is -2.13. The van der Waals surface area contributed by atoms with Gasteiger partial charge in [0.2, 0.25) is 0 Å². The molecule has 0 radical (unpaired) electrons. The molecule has 0 fully saturated rings. The molecule has 0 aliphatic carbocycles. The van der Waals surface area contributed by atoms with Gasteiger partial charge in [0.05, 0.1) is 27.3 Å². The monoisotopic (exact) mass is 411 g/mol. The molecular formula is C17H22BrN3O2S. The SMILES string of the molecule is CCNC(=NCc1cc(OC)c(OC)cc1Br)NCc1cccs1. The molecule has 0 atom stereocenters. The average Bonchev–Trinajstić information content (AvgIpc) is 3.11. The van der Waals surface area contributed by atoms with E-state index in [9.17, 15) is 0 Å². The Morgan fingerprint density at radius 3 is 2.58 bits per heavy atom. The second kappa shape index (κ2) is 9.54. The molecule has 130 valence electrons. The van der Waals surface area contributed by atoms with E-state index in [1.165, 1.54) is 4.88 Å². The Labute approximate surface area is 155 Å². The van der Waals surface area contributed by atoms with Gasteiger partial charge in [0.1, 0.15) is 0 Å². The van der Waals surface area contributed by atoms with Gasteiger partial charge in [-0.05, 0) is 36.1 Å². The number of hydrogen-bond donors (Lipinski definition) is 2. The van der Waals surface area contributed by atoms with Gasteiger partial charge < -0.3 is 20.1 Å². The number of methoxy groups -OCH3 is 2. The van der Waals surface area contributed by atoms with Gasteiger partial charge in [-0.3, -0.25) is 0 Å². The molecule has 1 heterocycles. The summed E-state index contributed by atoms with van der Waals surface area (Å²) in [5.74, 6) is 2.18.